The first-order chi connectivity index (χ1) is 7.44. The Morgan fingerprint density at radius 1 is 1.62 bits per heavy atom. The minimum Gasteiger partial charge on any atom is -0.370 e. The number of amides is 1. The molecule has 16 heavy (non-hydrogen) atoms. The molecule has 0 atom stereocenters. The van der Waals surface area contributed by atoms with Crippen LogP contribution < -0.4 is 11.1 Å². The van der Waals surface area contributed by atoms with Crippen LogP contribution in [0.3, 0.4) is 0 Å². The summed E-state index contributed by atoms with van der Waals surface area (Å²) in [4.78, 5) is 10.9. The maximum absolute atomic E-state index is 10.9. The molecule has 5 nitrogen and oxygen atoms in total. The quantitative estimate of drug-likeness (QED) is 0.745. The molecule has 1 heterocycles. The number of primary amides is 1. The molecule has 0 aliphatic heterocycles. The molecule has 0 fully saturated rings. The van der Waals surface area contributed by atoms with E-state index in [0.717, 1.165) is 12.2 Å². The van der Waals surface area contributed by atoms with Gasteiger partial charge >= 0.3 is 0 Å². The summed E-state index contributed by atoms with van der Waals surface area (Å²) in [6, 6.07) is 1.97. The zero-order chi connectivity index (χ0) is 12.2. The number of rotatable bonds is 6. The third-order valence-electron chi connectivity index (χ3n) is 2.47. The van der Waals surface area contributed by atoms with Crippen molar-refractivity contribution in [3.8, 4) is 0 Å². The van der Waals surface area contributed by atoms with Crippen molar-refractivity contribution in [2.45, 2.75) is 45.8 Å². The number of nitrogens with one attached hydrogen (secondary N) is 1. The van der Waals surface area contributed by atoms with Crippen LogP contribution in [0.5, 0.6) is 0 Å². The molecule has 0 bridgehead atoms. The zero-order valence-electron chi connectivity index (χ0n) is 10.2. The first-order valence-electron chi connectivity index (χ1n) is 5.48. The maximum atomic E-state index is 10.9. The number of carbonyl (C=O) groups is 1. The van der Waals surface area contributed by atoms with Crippen LogP contribution in [0.25, 0.3) is 0 Å². The smallest absolute Gasteiger partial charge is 0.219 e. The van der Waals surface area contributed by atoms with Gasteiger partial charge in [0.2, 0.25) is 5.91 Å². The topological polar surface area (TPSA) is 72.9 Å². The number of aromatic nitrogens is 2. The largest absolute Gasteiger partial charge is 0.370 e. The lowest BCUT2D eigenvalue weighted by atomic mass is 10.0. The molecule has 90 valence electrons. The number of aryl methyl sites for hydroxylation is 1. The lowest BCUT2D eigenvalue weighted by Gasteiger charge is -2.24. The van der Waals surface area contributed by atoms with Crippen LogP contribution in [0.15, 0.2) is 12.3 Å². The van der Waals surface area contributed by atoms with E-state index in [4.69, 9.17) is 5.73 Å². The van der Waals surface area contributed by atoms with Gasteiger partial charge in [0.05, 0.1) is 5.69 Å². The highest BCUT2D eigenvalue weighted by atomic mass is 16.1. The zero-order valence-corrected chi connectivity index (χ0v) is 10.2. The number of nitrogens with zero attached hydrogens (tertiary/aromatic N) is 2. The third-order valence-corrected chi connectivity index (χ3v) is 2.47. The Morgan fingerprint density at radius 2 is 2.31 bits per heavy atom. The number of hydrogen-bond acceptors (Lipinski definition) is 3. The predicted molar refractivity (Wildman–Crippen MR) is 62.6 cm³/mol. The predicted octanol–water partition coefficient (Wildman–Crippen LogP) is 0.647. The molecule has 0 saturated heterocycles. The normalized spacial score (nSPS) is 11.7. The molecule has 0 unspecified atom stereocenters. The summed E-state index contributed by atoms with van der Waals surface area (Å²) in [7, 11) is 0. The number of nitrogens with two attached hydrogens (primary N) is 1. The molecular formula is C11H20N4O. The fourth-order valence-electron chi connectivity index (χ4n) is 1.62. The van der Waals surface area contributed by atoms with Crippen LogP contribution >= 0.6 is 0 Å². The summed E-state index contributed by atoms with van der Waals surface area (Å²) in [5, 5.41) is 7.49. The molecule has 0 radical (unpaired) electrons. The molecule has 0 saturated carbocycles. The standard InChI is InChI=1S/C11H20N4O/c1-4-15-9(5-6-14-15)8-13-11(2,3)7-10(12)16/h5-6,13H,4,7-8H2,1-3H3,(H2,12,16). The molecule has 0 aliphatic rings. The van der Waals surface area contributed by atoms with Gasteiger partial charge in [-0.25, -0.2) is 0 Å². The van der Waals surface area contributed by atoms with Crippen LogP contribution in [0.4, 0.5) is 0 Å². The molecule has 3 N–H and O–H groups in total. The number of carbonyl (C=O) groups excluding carboxylic acids is 1. The Labute approximate surface area is 96.0 Å². The average Bonchev–Trinajstić information content (AvgIpc) is 2.59. The Morgan fingerprint density at radius 3 is 2.88 bits per heavy atom. The molecule has 0 spiro atoms. The van der Waals surface area contributed by atoms with Crippen LogP contribution in [0, 0.1) is 0 Å². The summed E-state index contributed by atoms with van der Waals surface area (Å²) in [5.74, 6) is -0.290. The van der Waals surface area contributed by atoms with E-state index in [2.05, 4.69) is 10.4 Å². The van der Waals surface area contributed by atoms with E-state index >= 15 is 0 Å². The Hall–Kier alpha value is -1.36. The van der Waals surface area contributed by atoms with E-state index in [1.54, 1.807) is 6.20 Å². The first-order valence-corrected chi connectivity index (χ1v) is 5.48. The minimum atomic E-state index is -0.290. The molecule has 0 aromatic carbocycles. The van der Waals surface area contributed by atoms with Crippen molar-refractivity contribution in [2.24, 2.45) is 5.73 Å². The minimum absolute atomic E-state index is 0.283. The molecule has 1 aromatic rings. The highest BCUT2D eigenvalue weighted by Crippen LogP contribution is 2.09. The molecular weight excluding hydrogens is 204 g/mol. The van der Waals surface area contributed by atoms with Gasteiger partial charge in [0.25, 0.3) is 0 Å². The van der Waals surface area contributed by atoms with Gasteiger partial charge in [-0.15, -0.1) is 0 Å². The highest BCUT2D eigenvalue weighted by Gasteiger charge is 2.20. The fourth-order valence-corrected chi connectivity index (χ4v) is 1.62. The molecule has 1 amide bonds. The van der Waals surface area contributed by atoms with E-state index in [1.807, 2.05) is 31.5 Å². The van der Waals surface area contributed by atoms with E-state index in [1.165, 1.54) is 0 Å². The summed E-state index contributed by atoms with van der Waals surface area (Å²) < 4.78 is 1.92. The summed E-state index contributed by atoms with van der Waals surface area (Å²) in [5.41, 5.74) is 6.02. The van der Waals surface area contributed by atoms with E-state index in [0.29, 0.717) is 13.0 Å². The summed E-state index contributed by atoms with van der Waals surface area (Å²) >= 11 is 0. The fraction of sp³-hybridized carbons (Fsp3) is 0.636. The van der Waals surface area contributed by atoms with Crippen molar-refractivity contribution in [3.63, 3.8) is 0 Å². The van der Waals surface area contributed by atoms with Gasteiger partial charge in [-0.1, -0.05) is 0 Å². The van der Waals surface area contributed by atoms with Gasteiger partial charge in [0.15, 0.2) is 0 Å². The van der Waals surface area contributed by atoms with Gasteiger partial charge < -0.3 is 11.1 Å². The van der Waals surface area contributed by atoms with Gasteiger partial charge in [-0.2, -0.15) is 5.10 Å². The van der Waals surface area contributed by atoms with Crippen LogP contribution in [0.1, 0.15) is 32.9 Å². The monoisotopic (exact) mass is 224 g/mol. The first kappa shape index (κ1) is 12.7. The third kappa shape index (κ3) is 3.66. The second-order valence-corrected chi connectivity index (χ2v) is 4.52. The van der Waals surface area contributed by atoms with E-state index < -0.39 is 0 Å². The summed E-state index contributed by atoms with van der Waals surface area (Å²) in [6.45, 7) is 7.51. The second kappa shape index (κ2) is 5.12. The average molecular weight is 224 g/mol. The van der Waals surface area contributed by atoms with Gasteiger partial charge in [-0.05, 0) is 26.8 Å². The lowest BCUT2D eigenvalue weighted by Crippen LogP contribution is -2.42. The van der Waals surface area contributed by atoms with E-state index in [-0.39, 0.29) is 11.4 Å². The highest BCUT2D eigenvalue weighted by molar-refractivity contribution is 5.74. The molecule has 0 aliphatic carbocycles. The van der Waals surface area contributed by atoms with Crippen molar-refractivity contribution < 1.29 is 4.79 Å². The SMILES string of the molecule is CCn1nccc1CNC(C)(C)CC(N)=O. The van der Waals surface area contributed by atoms with Gasteiger partial charge in [0, 0.05) is 31.2 Å². The lowest BCUT2D eigenvalue weighted by molar-refractivity contribution is -0.119. The van der Waals surface area contributed by atoms with Crippen molar-refractivity contribution in [3.05, 3.63) is 18.0 Å². The Bertz CT molecular complexity index is 357. The van der Waals surface area contributed by atoms with Crippen LogP contribution in [0.2, 0.25) is 0 Å². The molecule has 1 aromatic heterocycles. The second-order valence-electron chi connectivity index (χ2n) is 4.52. The maximum Gasteiger partial charge on any atom is 0.219 e. The molecule has 1 rings (SSSR count). The van der Waals surface area contributed by atoms with Crippen molar-refractivity contribution >= 4 is 5.91 Å². The van der Waals surface area contributed by atoms with Crippen molar-refractivity contribution in [1.82, 2.24) is 15.1 Å². The van der Waals surface area contributed by atoms with Gasteiger partial charge in [-0.3, -0.25) is 9.48 Å². The van der Waals surface area contributed by atoms with Crippen molar-refractivity contribution in [1.29, 1.82) is 0 Å². The summed E-state index contributed by atoms with van der Waals surface area (Å²) in [6.07, 6.45) is 2.11. The Kier molecular flexibility index (Phi) is 4.06. The van der Waals surface area contributed by atoms with Crippen molar-refractivity contribution in [2.75, 3.05) is 0 Å². The van der Waals surface area contributed by atoms with Crippen LogP contribution in [-0.4, -0.2) is 21.2 Å². The molecule has 5 heteroatoms. The Balaban J connectivity index is 2.53. The number of hydrogen-bond donors (Lipinski definition) is 2. The van der Waals surface area contributed by atoms with E-state index in [9.17, 15) is 4.79 Å². The van der Waals surface area contributed by atoms with Crippen LogP contribution in [-0.2, 0) is 17.9 Å². The van der Waals surface area contributed by atoms with Gasteiger partial charge in [0.1, 0.15) is 0 Å².